The lowest BCUT2D eigenvalue weighted by molar-refractivity contribution is 0.557. The van der Waals surface area contributed by atoms with Crippen LogP contribution in [0.15, 0.2) is 69.0 Å². The van der Waals surface area contributed by atoms with Gasteiger partial charge in [0.25, 0.3) is 5.56 Å². The molecule has 0 aliphatic carbocycles. The van der Waals surface area contributed by atoms with Crippen LogP contribution in [0.5, 0.6) is 0 Å². The van der Waals surface area contributed by atoms with Crippen LogP contribution in [0.4, 0.5) is 5.69 Å². The first-order chi connectivity index (χ1) is 11.8. The summed E-state index contributed by atoms with van der Waals surface area (Å²) in [4.78, 5) is 20.0. The van der Waals surface area contributed by atoms with Crippen molar-refractivity contribution in [3.8, 4) is 0 Å². The largest absolute Gasteiger partial charge is 0.465 e. The standard InChI is InChI=1S/C18H15N3O2S/c22-17-16(10-4-8-15-9-5-11-23-15)24-18-19-12-20(13-21(17)18)14-6-2-1-3-7-14/h1-11H,12-13H2. The number of hydrogen-bond donors (Lipinski definition) is 0. The summed E-state index contributed by atoms with van der Waals surface area (Å²) in [7, 11) is 0. The number of nitrogens with zero attached hydrogens (tertiary/aromatic N) is 3. The van der Waals surface area contributed by atoms with Gasteiger partial charge in [0.15, 0.2) is 4.80 Å². The van der Waals surface area contributed by atoms with Gasteiger partial charge in [-0.05, 0) is 36.4 Å². The molecule has 0 saturated heterocycles. The number of aromatic nitrogens is 1. The number of hydrogen-bond acceptors (Lipinski definition) is 5. The molecular formula is C18H15N3O2S. The zero-order valence-electron chi connectivity index (χ0n) is 12.8. The van der Waals surface area contributed by atoms with Crippen molar-refractivity contribution in [2.24, 2.45) is 4.99 Å². The number of rotatable bonds is 3. The highest BCUT2D eigenvalue weighted by Gasteiger charge is 2.15. The molecule has 0 atom stereocenters. The SMILES string of the molecule is O=c1c(=CC=Cc2ccco2)sc2n1CN(c1ccccc1)CN=2. The molecule has 0 fully saturated rings. The van der Waals surface area contributed by atoms with Crippen molar-refractivity contribution in [1.29, 1.82) is 0 Å². The molecule has 0 N–H and O–H groups in total. The normalized spacial score (nSPS) is 14.8. The van der Waals surface area contributed by atoms with E-state index in [1.165, 1.54) is 11.3 Å². The van der Waals surface area contributed by atoms with Crippen molar-refractivity contribution < 1.29 is 4.42 Å². The minimum atomic E-state index is -0.0107. The molecule has 1 aliphatic heterocycles. The van der Waals surface area contributed by atoms with E-state index in [1.807, 2.05) is 60.7 Å². The van der Waals surface area contributed by atoms with Crippen molar-refractivity contribution in [2.45, 2.75) is 6.67 Å². The topological polar surface area (TPSA) is 50.7 Å². The predicted molar refractivity (Wildman–Crippen MR) is 95.4 cm³/mol. The number of anilines is 1. The van der Waals surface area contributed by atoms with Gasteiger partial charge in [0.05, 0.1) is 10.8 Å². The first-order valence-corrected chi connectivity index (χ1v) is 8.39. The van der Waals surface area contributed by atoms with Gasteiger partial charge in [0.2, 0.25) is 0 Å². The monoisotopic (exact) mass is 337 g/mol. The highest BCUT2D eigenvalue weighted by molar-refractivity contribution is 7.07. The van der Waals surface area contributed by atoms with Gasteiger partial charge in [-0.1, -0.05) is 35.6 Å². The molecule has 5 nitrogen and oxygen atoms in total. The van der Waals surface area contributed by atoms with Gasteiger partial charge in [-0.2, -0.15) is 0 Å². The summed E-state index contributed by atoms with van der Waals surface area (Å²) in [6.07, 6.45) is 7.09. The molecule has 0 bridgehead atoms. The predicted octanol–water partition coefficient (Wildman–Crippen LogP) is 2.05. The number of benzene rings is 1. The minimum Gasteiger partial charge on any atom is -0.465 e. The summed E-state index contributed by atoms with van der Waals surface area (Å²) in [6, 6.07) is 13.7. The van der Waals surface area contributed by atoms with E-state index in [0.29, 0.717) is 17.9 Å². The van der Waals surface area contributed by atoms with Gasteiger partial charge in [-0.3, -0.25) is 9.36 Å². The quantitative estimate of drug-likeness (QED) is 0.735. The number of allylic oxidation sites excluding steroid dienone is 1. The number of thiazole rings is 1. The van der Waals surface area contributed by atoms with Crippen LogP contribution in [-0.4, -0.2) is 11.2 Å². The molecule has 3 heterocycles. The highest BCUT2D eigenvalue weighted by Crippen LogP contribution is 2.14. The van der Waals surface area contributed by atoms with Crippen molar-refractivity contribution >= 4 is 29.2 Å². The van der Waals surface area contributed by atoms with Crippen molar-refractivity contribution in [1.82, 2.24) is 4.57 Å². The average Bonchev–Trinajstić information content (AvgIpc) is 3.24. The molecule has 120 valence electrons. The second-order valence-corrected chi connectivity index (χ2v) is 6.35. The molecule has 2 aromatic heterocycles. The van der Waals surface area contributed by atoms with Crippen LogP contribution in [0.3, 0.4) is 0 Å². The Bertz CT molecular complexity index is 1030. The molecule has 0 amide bonds. The van der Waals surface area contributed by atoms with Crippen LogP contribution in [-0.2, 0) is 6.67 Å². The third-order valence-electron chi connectivity index (χ3n) is 3.75. The fraction of sp³-hybridized carbons (Fsp3) is 0.111. The smallest absolute Gasteiger partial charge is 0.271 e. The number of para-hydroxylation sites is 1. The van der Waals surface area contributed by atoms with E-state index in [9.17, 15) is 4.79 Å². The van der Waals surface area contributed by atoms with E-state index >= 15 is 0 Å². The van der Waals surface area contributed by atoms with Gasteiger partial charge in [-0.15, -0.1) is 0 Å². The van der Waals surface area contributed by atoms with E-state index in [2.05, 4.69) is 9.89 Å². The highest BCUT2D eigenvalue weighted by atomic mass is 32.1. The van der Waals surface area contributed by atoms with Gasteiger partial charge >= 0.3 is 0 Å². The fourth-order valence-corrected chi connectivity index (χ4v) is 3.46. The van der Waals surface area contributed by atoms with Gasteiger partial charge in [0.1, 0.15) is 19.1 Å². The van der Waals surface area contributed by atoms with Gasteiger partial charge in [0, 0.05) is 5.69 Å². The third kappa shape index (κ3) is 2.83. The Morgan fingerprint density at radius 3 is 2.83 bits per heavy atom. The van der Waals surface area contributed by atoms with E-state index in [4.69, 9.17) is 4.42 Å². The van der Waals surface area contributed by atoms with E-state index in [-0.39, 0.29) is 5.56 Å². The average molecular weight is 337 g/mol. The molecule has 6 heteroatoms. The summed E-state index contributed by atoms with van der Waals surface area (Å²) in [6.45, 7) is 1.08. The first kappa shape index (κ1) is 14.7. The molecular weight excluding hydrogens is 322 g/mol. The number of fused-ring (bicyclic) bond motifs is 1. The zero-order valence-corrected chi connectivity index (χ0v) is 13.6. The molecule has 3 aromatic rings. The van der Waals surface area contributed by atoms with Crippen molar-refractivity contribution in [2.75, 3.05) is 11.6 Å². The maximum atomic E-state index is 12.6. The lowest BCUT2D eigenvalue weighted by Crippen LogP contribution is -2.42. The van der Waals surface area contributed by atoms with Gasteiger partial charge in [-0.25, -0.2) is 4.99 Å². The van der Waals surface area contributed by atoms with Crippen LogP contribution >= 0.6 is 11.3 Å². The molecule has 24 heavy (non-hydrogen) atoms. The van der Waals surface area contributed by atoms with Crippen LogP contribution in [0.1, 0.15) is 5.76 Å². The van der Waals surface area contributed by atoms with Crippen molar-refractivity contribution in [3.63, 3.8) is 0 Å². The molecule has 0 radical (unpaired) electrons. The van der Waals surface area contributed by atoms with Crippen LogP contribution < -0.4 is 19.8 Å². The third-order valence-corrected chi connectivity index (χ3v) is 4.81. The summed E-state index contributed by atoms with van der Waals surface area (Å²) in [5.41, 5.74) is 1.05. The zero-order chi connectivity index (χ0) is 16.4. The maximum Gasteiger partial charge on any atom is 0.271 e. The second-order valence-electron chi connectivity index (χ2n) is 5.34. The second kappa shape index (κ2) is 6.33. The Morgan fingerprint density at radius 1 is 1.17 bits per heavy atom. The molecule has 4 rings (SSSR count). The summed E-state index contributed by atoms with van der Waals surface area (Å²) in [5, 5.41) is 0. The van der Waals surface area contributed by atoms with E-state index in [0.717, 1.165) is 16.2 Å². The Balaban J connectivity index is 1.64. The minimum absolute atomic E-state index is 0.0107. The Kier molecular flexibility index (Phi) is 3.88. The summed E-state index contributed by atoms with van der Waals surface area (Å²) < 4.78 is 7.62. The first-order valence-electron chi connectivity index (χ1n) is 7.57. The number of furan rings is 1. The Hall–Kier alpha value is -2.86. The lowest BCUT2D eigenvalue weighted by atomic mass is 10.3. The molecule has 0 spiro atoms. The van der Waals surface area contributed by atoms with Crippen LogP contribution in [0.2, 0.25) is 0 Å². The molecule has 0 unspecified atom stereocenters. The molecule has 0 saturated carbocycles. The van der Waals surface area contributed by atoms with E-state index < -0.39 is 0 Å². The summed E-state index contributed by atoms with van der Waals surface area (Å²) in [5.74, 6) is 0.757. The maximum absolute atomic E-state index is 12.6. The van der Waals surface area contributed by atoms with Crippen LogP contribution in [0, 0.1) is 0 Å². The Morgan fingerprint density at radius 2 is 2.04 bits per heavy atom. The fourth-order valence-electron chi connectivity index (χ4n) is 2.54. The van der Waals surface area contributed by atoms with Gasteiger partial charge < -0.3 is 9.32 Å². The summed E-state index contributed by atoms with van der Waals surface area (Å²) >= 11 is 1.42. The Labute approximate surface area is 142 Å². The van der Waals surface area contributed by atoms with Crippen molar-refractivity contribution in [3.05, 3.63) is 80.3 Å². The molecule has 1 aliphatic rings. The lowest BCUT2D eigenvalue weighted by Gasteiger charge is -2.25. The van der Waals surface area contributed by atoms with Crippen LogP contribution in [0.25, 0.3) is 12.2 Å². The van der Waals surface area contributed by atoms with E-state index in [1.54, 1.807) is 10.8 Å². The molecule has 1 aromatic carbocycles.